The number of oxazole rings is 1. The van der Waals surface area contributed by atoms with E-state index in [9.17, 15) is 4.79 Å². The molecular weight excluding hydrogens is 228 g/mol. The number of carbonyl (C=O) groups excluding carboxylic acids is 1. The zero-order valence-corrected chi connectivity index (χ0v) is 9.52. The van der Waals surface area contributed by atoms with Gasteiger partial charge in [-0.25, -0.2) is 4.79 Å². The highest BCUT2D eigenvalue weighted by molar-refractivity contribution is 7.07. The van der Waals surface area contributed by atoms with Gasteiger partial charge < -0.3 is 14.9 Å². The fourth-order valence-corrected chi connectivity index (χ4v) is 1.12. The Morgan fingerprint density at radius 1 is 1.56 bits per heavy atom. The number of ether oxygens (including phenoxy) is 1. The first-order chi connectivity index (χ1) is 7.70. The summed E-state index contributed by atoms with van der Waals surface area (Å²) < 4.78 is 9.22. The standard InChI is InChI=1S/C6H8N2O3.C4H4S/c1-4(7)5(9)11-6-8-2-3-10-6;1-2-4-5-3-1/h2-4H,7H2,1H3;1-4H/t4-;/m0./s1. The molecule has 0 saturated carbocycles. The molecule has 0 bridgehead atoms. The van der Waals surface area contributed by atoms with E-state index in [0.717, 1.165) is 0 Å². The van der Waals surface area contributed by atoms with Crippen LogP contribution in [0.15, 0.2) is 39.8 Å². The van der Waals surface area contributed by atoms with Gasteiger partial charge in [0.25, 0.3) is 0 Å². The van der Waals surface area contributed by atoms with Crippen LogP contribution in [0.25, 0.3) is 0 Å². The van der Waals surface area contributed by atoms with Crippen molar-refractivity contribution in [3.8, 4) is 6.08 Å². The van der Waals surface area contributed by atoms with Crippen molar-refractivity contribution in [1.29, 1.82) is 0 Å². The number of hydrogen-bond acceptors (Lipinski definition) is 6. The van der Waals surface area contributed by atoms with Crippen molar-refractivity contribution in [3.05, 3.63) is 35.4 Å². The van der Waals surface area contributed by atoms with E-state index in [4.69, 9.17) is 5.73 Å². The van der Waals surface area contributed by atoms with Gasteiger partial charge in [-0.3, -0.25) is 0 Å². The monoisotopic (exact) mass is 240 g/mol. The second-order valence-electron chi connectivity index (χ2n) is 2.80. The van der Waals surface area contributed by atoms with Crippen molar-refractivity contribution in [2.45, 2.75) is 13.0 Å². The van der Waals surface area contributed by atoms with Crippen LogP contribution in [0.1, 0.15) is 6.92 Å². The molecule has 0 aliphatic carbocycles. The Balaban J connectivity index is 0.000000212. The van der Waals surface area contributed by atoms with E-state index >= 15 is 0 Å². The number of aromatic nitrogens is 1. The van der Waals surface area contributed by atoms with Gasteiger partial charge in [-0.1, -0.05) is 12.1 Å². The van der Waals surface area contributed by atoms with Gasteiger partial charge >= 0.3 is 12.0 Å². The summed E-state index contributed by atoms with van der Waals surface area (Å²) in [5.41, 5.74) is 5.21. The molecule has 0 aliphatic heterocycles. The summed E-state index contributed by atoms with van der Waals surface area (Å²) in [6, 6.07) is 3.37. The van der Waals surface area contributed by atoms with Crippen molar-refractivity contribution in [2.75, 3.05) is 0 Å². The van der Waals surface area contributed by atoms with Crippen molar-refractivity contribution >= 4 is 17.3 Å². The summed E-state index contributed by atoms with van der Waals surface area (Å²) >= 11 is 1.71. The molecule has 2 heterocycles. The molecule has 2 N–H and O–H groups in total. The minimum atomic E-state index is -0.665. The Kier molecular flexibility index (Phi) is 5.24. The van der Waals surface area contributed by atoms with E-state index in [0.29, 0.717) is 0 Å². The molecular formula is C10H12N2O3S. The minimum absolute atomic E-state index is 0.0766. The summed E-state index contributed by atoms with van der Waals surface area (Å²) in [7, 11) is 0. The number of thiophene rings is 1. The fourth-order valence-electron chi connectivity index (χ4n) is 0.667. The smallest absolute Gasteiger partial charge is 0.401 e. The molecule has 0 unspecified atom stereocenters. The topological polar surface area (TPSA) is 78.4 Å². The normalized spacial score (nSPS) is 11.1. The molecule has 16 heavy (non-hydrogen) atoms. The van der Waals surface area contributed by atoms with Crippen molar-refractivity contribution in [3.63, 3.8) is 0 Å². The second-order valence-corrected chi connectivity index (χ2v) is 3.62. The zero-order valence-electron chi connectivity index (χ0n) is 8.70. The number of hydrogen-bond donors (Lipinski definition) is 1. The van der Waals surface area contributed by atoms with Crippen LogP contribution in [0.4, 0.5) is 0 Å². The Morgan fingerprint density at radius 2 is 2.25 bits per heavy atom. The van der Waals surface area contributed by atoms with Crippen LogP contribution < -0.4 is 10.5 Å². The zero-order chi connectivity index (χ0) is 11.8. The van der Waals surface area contributed by atoms with Crippen LogP contribution in [0.5, 0.6) is 6.08 Å². The van der Waals surface area contributed by atoms with E-state index in [1.807, 2.05) is 22.9 Å². The summed E-state index contributed by atoms with van der Waals surface area (Å²) in [4.78, 5) is 14.3. The summed E-state index contributed by atoms with van der Waals surface area (Å²) in [5, 5.41) is 4.08. The molecule has 2 aromatic rings. The van der Waals surface area contributed by atoms with Gasteiger partial charge in [-0.05, 0) is 17.7 Å². The average molecular weight is 240 g/mol. The predicted molar refractivity (Wildman–Crippen MR) is 60.1 cm³/mol. The Hall–Kier alpha value is -1.66. The SMILES string of the molecule is C[C@H](N)C(=O)Oc1ncco1.c1ccsc1. The van der Waals surface area contributed by atoms with Gasteiger partial charge in [-0.15, -0.1) is 0 Å². The minimum Gasteiger partial charge on any atom is -0.417 e. The van der Waals surface area contributed by atoms with Gasteiger partial charge in [0.05, 0.1) is 6.20 Å². The van der Waals surface area contributed by atoms with Crippen molar-refractivity contribution in [2.24, 2.45) is 5.73 Å². The number of nitrogens with two attached hydrogens (primary N) is 1. The van der Waals surface area contributed by atoms with Gasteiger partial charge in [0.1, 0.15) is 12.3 Å². The first-order valence-corrected chi connectivity index (χ1v) is 5.48. The third-order valence-corrected chi connectivity index (χ3v) is 2.02. The molecule has 0 saturated heterocycles. The van der Waals surface area contributed by atoms with Crippen LogP contribution in [0, 0.1) is 0 Å². The molecule has 2 rings (SSSR count). The molecule has 0 radical (unpaired) electrons. The summed E-state index contributed by atoms with van der Waals surface area (Å²) in [6.07, 6.45) is 2.61. The Bertz CT molecular complexity index is 367. The maximum absolute atomic E-state index is 10.8. The maximum atomic E-state index is 10.8. The first-order valence-electron chi connectivity index (χ1n) is 4.54. The third kappa shape index (κ3) is 4.72. The van der Waals surface area contributed by atoms with Crippen molar-refractivity contribution < 1.29 is 13.9 Å². The highest BCUT2D eigenvalue weighted by Crippen LogP contribution is 2.04. The first kappa shape index (κ1) is 12.4. The van der Waals surface area contributed by atoms with E-state index in [2.05, 4.69) is 14.1 Å². The van der Waals surface area contributed by atoms with Crippen molar-refractivity contribution in [1.82, 2.24) is 4.98 Å². The van der Waals surface area contributed by atoms with E-state index in [1.54, 1.807) is 11.3 Å². The lowest BCUT2D eigenvalue weighted by molar-refractivity contribution is -0.136. The highest BCUT2D eigenvalue weighted by Gasteiger charge is 2.11. The molecule has 6 heteroatoms. The predicted octanol–water partition coefficient (Wildman–Crippen LogP) is 1.68. The highest BCUT2D eigenvalue weighted by atomic mass is 32.1. The fraction of sp³-hybridized carbons (Fsp3) is 0.200. The maximum Gasteiger partial charge on any atom is 0.401 e. The molecule has 0 aromatic carbocycles. The lowest BCUT2D eigenvalue weighted by Crippen LogP contribution is -2.30. The van der Waals surface area contributed by atoms with Crippen LogP contribution in [-0.4, -0.2) is 17.0 Å². The van der Waals surface area contributed by atoms with Crippen LogP contribution in [0.3, 0.4) is 0 Å². The molecule has 86 valence electrons. The van der Waals surface area contributed by atoms with Gasteiger partial charge in [0, 0.05) is 0 Å². The molecule has 0 fully saturated rings. The second kappa shape index (κ2) is 6.76. The molecule has 5 nitrogen and oxygen atoms in total. The lowest BCUT2D eigenvalue weighted by atomic mass is 10.4. The van der Waals surface area contributed by atoms with Gasteiger partial charge in [0.2, 0.25) is 0 Å². The molecule has 0 aliphatic rings. The third-order valence-electron chi connectivity index (χ3n) is 1.39. The molecule has 0 spiro atoms. The Labute approximate surface area is 96.9 Å². The number of esters is 1. The van der Waals surface area contributed by atoms with Crippen LogP contribution in [0.2, 0.25) is 0 Å². The molecule has 2 aromatic heterocycles. The largest absolute Gasteiger partial charge is 0.417 e. The van der Waals surface area contributed by atoms with E-state index < -0.39 is 12.0 Å². The number of carbonyl (C=O) groups is 1. The molecule has 0 amide bonds. The Morgan fingerprint density at radius 3 is 2.62 bits per heavy atom. The van der Waals surface area contributed by atoms with E-state index in [-0.39, 0.29) is 6.08 Å². The number of rotatable bonds is 2. The van der Waals surface area contributed by atoms with Gasteiger partial charge in [0.15, 0.2) is 0 Å². The number of nitrogens with zero attached hydrogens (tertiary/aromatic N) is 1. The van der Waals surface area contributed by atoms with Crippen LogP contribution >= 0.6 is 11.3 Å². The van der Waals surface area contributed by atoms with E-state index in [1.165, 1.54) is 19.4 Å². The van der Waals surface area contributed by atoms with Crippen LogP contribution in [-0.2, 0) is 4.79 Å². The van der Waals surface area contributed by atoms with Gasteiger partial charge in [-0.2, -0.15) is 16.3 Å². The lowest BCUT2D eigenvalue weighted by Gasteiger charge is -2.00. The summed E-state index contributed by atoms with van der Waals surface area (Å²) in [5.74, 6) is -0.563. The quantitative estimate of drug-likeness (QED) is 0.808. The molecule has 1 atom stereocenters. The summed E-state index contributed by atoms with van der Waals surface area (Å²) in [6.45, 7) is 1.52. The average Bonchev–Trinajstić information content (AvgIpc) is 2.92.